The fourth-order valence-electron chi connectivity index (χ4n) is 2.95. The average molecular weight is 301 g/mol. The van der Waals surface area contributed by atoms with Gasteiger partial charge in [0.2, 0.25) is 5.91 Å². The van der Waals surface area contributed by atoms with E-state index in [0.717, 1.165) is 19.4 Å². The van der Waals surface area contributed by atoms with Crippen LogP contribution in [0, 0.1) is 0 Å². The molecule has 3 nitrogen and oxygen atoms in total. The van der Waals surface area contributed by atoms with Gasteiger partial charge in [0.1, 0.15) is 0 Å². The topological polar surface area (TPSA) is 41.1 Å². The smallest absolute Gasteiger partial charge is 0.237 e. The molecule has 0 aromatic carbocycles. The molecule has 4 heteroatoms. The molecule has 20 heavy (non-hydrogen) atoms. The lowest BCUT2D eigenvalue weighted by molar-refractivity contribution is -0.123. The zero-order valence-electron chi connectivity index (χ0n) is 13.6. The van der Waals surface area contributed by atoms with Crippen LogP contribution in [0.2, 0.25) is 0 Å². The van der Waals surface area contributed by atoms with E-state index >= 15 is 0 Å². The first-order chi connectivity index (χ1) is 9.53. The Hall–Kier alpha value is -0.220. The lowest BCUT2D eigenvalue weighted by Gasteiger charge is -2.36. The fourth-order valence-corrected chi connectivity index (χ4v) is 3.88. The molecule has 2 atom stereocenters. The Morgan fingerprint density at radius 2 is 1.90 bits per heavy atom. The molecule has 1 amide bonds. The summed E-state index contributed by atoms with van der Waals surface area (Å²) < 4.78 is 0.349. The first-order valence-corrected chi connectivity index (χ1v) is 9.34. The minimum Gasteiger partial charge on any atom is -0.352 e. The molecular weight excluding hydrogens is 268 g/mol. The van der Waals surface area contributed by atoms with Crippen LogP contribution in [-0.2, 0) is 4.79 Å². The molecule has 1 aliphatic carbocycles. The van der Waals surface area contributed by atoms with Crippen LogP contribution in [-0.4, -0.2) is 35.5 Å². The van der Waals surface area contributed by atoms with Gasteiger partial charge in [0, 0.05) is 17.3 Å². The Bertz CT molecular complexity index is 290. The van der Waals surface area contributed by atoms with Crippen LogP contribution in [0.15, 0.2) is 0 Å². The van der Waals surface area contributed by atoms with Crippen molar-refractivity contribution in [3.63, 3.8) is 0 Å². The lowest BCUT2D eigenvalue weighted by Crippen LogP contribution is -2.50. The molecule has 0 aromatic heterocycles. The normalized spacial score (nSPS) is 21.2. The summed E-state index contributed by atoms with van der Waals surface area (Å²) in [4.78, 5) is 12.1. The van der Waals surface area contributed by atoms with Gasteiger partial charge >= 0.3 is 0 Å². The predicted octanol–water partition coefficient (Wildman–Crippen LogP) is 3.34. The molecule has 118 valence electrons. The molecule has 0 radical (unpaired) electrons. The highest BCUT2D eigenvalue weighted by atomic mass is 32.2. The third kappa shape index (κ3) is 5.65. The zero-order valence-corrected chi connectivity index (χ0v) is 14.4. The van der Waals surface area contributed by atoms with E-state index in [2.05, 4.69) is 30.7 Å². The first kappa shape index (κ1) is 17.8. The van der Waals surface area contributed by atoms with Gasteiger partial charge in [0.15, 0.2) is 0 Å². The number of hydrogen-bond acceptors (Lipinski definition) is 3. The molecule has 0 aromatic rings. The molecule has 0 spiro atoms. The molecule has 0 saturated heterocycles. The quantitative estimate of drug-likeness (QED) is 0.722. The SMILES string of the molecule is CCCC(C)NC(=O)C(C)NCC1(SC)CCCCC1. The van der Waals surface area contributed by atoms with Crippen LogP contribution < -0.4 is 10.6 Å². The molecule has 0 heterocycles. The Kier molecular flexibility index (Phi) is 7.96. The summed E-state index contributed by atoms with van der Waals surface area (Å²) >= 11 is 1.97. The van der Waals surface area contributed by atoms with Crippen molar-refractivity contribution >= 4 is 17.7 Å². The summed E-state index contributed by atoms with van der Waals surface area (Å²) in [5, 5.41) is 6.55. The van der Waals surface area contributed by atoms with Crippen molar-refractivity contribution in [2.45, 2.75) is 82.5 Å². The molecular formula is C16H32N2OS. The fraction of sp³-hybridized carbons (Fsp3) is 0.938. The largest absolute Gasteiger partial charge is 0.352 e. The molecule has 0 bridgehead atoms. The standard InChI is InChI=1S/C16H32N2OS/c1-5-9-13(2)18-15(19)14(3)17-12-16(20-4)10-7-6-8-11-16/h13-14,17H,5-12H2,1-4H3,(H,18,19). The van der Waals surface area contributed by atoms with Gasteiger partial charge in [-0.25, -0.2) is 0 Å². The lowest BCUT2D eigenvalue weighted by atomic mass is 9.88. The van der Waals surface area contributed by atoms with E-state index in [4.69, 9.17) is 0 Å². The van der Waals surface area contributed by atoms with Crippen LogP contribution in [0.25, 0.3) is 0 Å². The second-order valence-electron chi connectivity index (χ2n) is 6.25. The van der Waals surface area contributed by atoms with Crippen molar-refractivity contribution < 1.29 is 4.79 Å². The van der Waals surface area contributed by atoms with Gasteiger partial charge in [-0.1, -0.05) is 32.6 Å². The van der Waals surface area contributed by atoms with Gasteiger partial charge in [-0.05, 0) is 39.4 Å². The average Bonchev–Trinajstić information content (AvgIpc) is 2.46. The molecule has 0 aliphatic heterocycles. The van der Waals surface area contributed by atoms with Crippen molar-refractivity contribution in [1.29, 1.82) is 0 Å². The molecule has 2 unspecified atom stereocenters. The molecule has 1 fully saturated rings. The highest BCUT2D eigenvalue weighted by molar-refractivity contribution is 8.00. The van der Waals surface area contributed by atoms with E-state index in [1.54, 1.807) is 0 Å². The summed E-state index contributed by atoms with van der Waals surface area (Å²) in [6, 6.07) is 0.182. The monoisotopic (exact) mass is 300 g/mol. The van der Waals surface area contributed by atoms with Gasteiger partial charge in [-0.15, -0.1) is 0 Å². The summed E-state index contributed by atoms with van der Waals surface area (Å²) in [6.07, 6.45) is 11.0. The number of rotatable bonds is 8. The number of carbonyl (C=O) groups is 1. The minimum atomic E-state index is -0.0970. The summed E-state index contributed by atoms with van der Waals surface area (Å²) in [7, 11) is 0. The maximum absolute atomic E-state index is 12.1. The van der Waals surface area contributed by atoms with Crippen LogP contribution >= 0.6 is 11.8 Å². The number of thioether (sulfide) groups is 1. The summed E-state index contributed by atoms with van der Waals surface area (Å²) in [5.74, 6) is 0.137. The van der Waals surface area contributed by atoms with E-state index in [-0.39, 0.29) is 18.0 Å². The number of carbonyl (C=O) groups excluding carboxylic acids is 1. The van der Waals surface area contributed by atoms with Gasteiger partial charge < -0.3 is 10.6 Å². The maximum Gasteiger partial charge on any atom is 0.237 e. The third-order valence-electron chi connectivity index (χ3n) is 4.43. The van der Waals surface area contributed by atoms with Gasteiger partial charge in [0.05, 0.1) is 6.04 Å². The van der Waals surface area contributed by atoms with Crippen LogP contribution in [0.4, 0.5) is 0 Å². The molecule has 2 N–H and O–H groups in total. The van der Waals surface area contributed by atoms with Crippen molar-refractivity contribution in [2.75, 3.05) is 12.8 Å². The van der Waals surface area contributed by atoms with Gasteiger partial charge in [0.25, 0.3) is 0 Å². The number of amides is 1. The van der Waals surface area contributed by atoms with E-state index in [9.17, 15) is 4.79 Å². The minimum absolute atomic E-state index is 0.0970. The Labute approximate surface area is 129 Å². The third-order valence-corrected chi connectivity index (χ3v) is 5.85. The van der Waals surface area contributed by atoms with Crippen molar-refractivity contribution in [2.24, 2.45) is 0 Å². The van der Waals surface area contributed by atoms with Crippen LogP contribution in [0.5, 0.6) is 0 Å². The Morgan fingerprint density at radius 3 is 2.45 bits per heavy atom. The van der Waals surface area contributed by atoms with Gasteiger partial charge in [-0.3, -0.25) is 4.79 Å². The second-order valence-corrected chi connectivity index (χ2v) is 7.52. The number of nitrogens with one attached hydrogen (secondary N) is 2. The van der Waals surface area contributed by atoms with Crippen molar-refractivity contribution in [3.8, 4) is 0 Å². The zero-order chi connectivity index (χ0) is 15.0. The van der Waals surface area contributed by atoms with E-state index < -0.39 is 0 Å². The number of hydrogen-bond donors (Lipinski definition) is 2. The molecule has 1 rings (SSSR count). The summed E-state index contributed by atoms with van der Waals surface area (Å²) in [6.45, 7) is 7.16. The second kappa shape index (κ2) is 8.93. The van der Waals surface area contributed by atoms with Crippen molar-refractivity contribution in [3.05, 3.63) is 0 Å². The van der Waals surface area contributed by atoms with Crippen molar-refractivity contribution in [1.82, 2.24) is 10.6 Å². The molecule has 1 saturated carbocycles. The van der Waals surface area contributed by atoms with Gasteiger partial charge in [-0.2, -0.15) is 11.8 Å². The summed E-state index contributed by atoms with van der Waals surface area (Å²) in [5.41, 5.74) is 0. The highest BCUT2D eigenvalue weighted by Crippen LogP contribution is 2.37. The van der Waals surface area contributed by atoms with E-state index in [1.807, 2.05) is 18.7 Å². The predicted molar refractivity (Wildman–Crippen MR) is 89.3 cm³/mol. The highest BCUT2D eigenvalue weighted by Gasteiger charge is 2.31. The van der Waals surface area contributed by atoms with Crippen LogP contribution in [0.3, 0.4) is 0 Å². The van der Waals surface area contributed by atoms with E-state index in [0.29, 0.717) is 4.75 Å². The maximum atomic E-state index is 12.1. The first-order valence-electron chi connectivity index (χ1n) is 8.12. The van der Waals surface area contributed by atoms with Crippen LogP contribution in [0.1, 0.15) is 65.7 Å². The Balaban J connectivity index is 2.37. The van der Waals surface area contributed by atoms with E-state index in [1.165, 1.54) is 32.1 Å². The molecule has 1 aliphatic rings. The Morgan fingerprint density at radius 1 is 1.25 bits per heavy atom.